The van der Waals surface area contributed by atoms with Gasteiger partial charge in [0.1, 0.15) is 10.7 Å². The van der Waals surface area contributed by atoms with Gasteiger partial charge in [0, 0.05) is 0 Å². The van der Waals surface area contributed by atoms with Crippen LogP contribution < -0.4 is 5.56 Å². The minimum atomic E-state index is -2.71. The van der Waals surface area contributed by atoms with Crippen LogP contribution in [-0.2, 0) is 5.75 Å². The average molecular weight is 441 g/mol. The van der Waals surface area contributed by atoms with Crippen LogP contribution in [0.3, 0.4) is 0 Å². The fourth-order valence-corrected chi connectivity index (χ4v) is 5.09. The fourth-order valence-electron chi connectivity index (χ4n) is 3.34. The van der Waals surface area contributed by atoms with Crippen LogP contribution in [0.5, 0.6) is 0 Å². The SMILES string of the molecule is O=c1c2ccsc2nc(SCc2nc3ccccc3n2C(F)F)n1-c1ccccc1. The van der Waals surface area contributed by atoms with Crippen LogP contribution in [0.1, 0.15) is 12.4 Å². The van der Waals surface area contributed by atoms with E-state index < -0.39 is 6.55 Å². The van der Waals surface area contributed by atoms with E-state index in [1.165, 1.54) is 27.7 Å². The maximum absolute atomic E-state index is 13.7. The molecule has 0 spiro atoms. The van der Waals surface area contributed by atoms with Crippen molar-refractivity contribution in [2.24, 2.45) is 0 Å². The lowest BCUT2D eigenvalue weighted by Crippen LogP contribution is -2.21. The quantitative estimate of drug-likeness (QED) is 0.268. The van der Waals surface area contributed by atoms with Crippen LogP contribution in [0, 0.1) is 0 Å². The second-order valence-corrected chi connectivity index (χ2v) is 8.30. The Labute approximate surface area is 177 Å². The number of thiophene rings is 1. The van der Waals surface area contributed by atoms with Crippen LogP contribution in [0.25, 0.3) is 26.9 Å². The molecule has 30 heavy (non-hydrogen) atoms. The number of hydrogen-bond acceptors (Lipinski definition) is 5. The molecule has 0 radical (unpaired) electrons. The third-order valence-corrected chi connectivity index (χ3v) is 6.42. The normalized spacial score (nSPS) is 11.7. The van der Waals surface area contributed by atoms with Crippen LogP contribution in [0.4, 0.5) is 8.78 Å². The minimum absolute atomic E-state index is 0.148. The van der Waals surface area contributed by atoms with Crippen molar-refractivity contribution in [2.75, 3.05) is 0 Å². The van der Waals surface area contributed by atoms with Gasteiger partial charge in [0.05, 0.1) is 27.9 Å². The van der Waals surface area contributed by atoms with Gasteiger partial charge in [0.25, 0.3) is 5.56 Å². The number of halogens is 2. The lowest BCUT2D eigenvalue weighted by molar-refractivity contribution is 0.0722. The Morgan fingerprint density at radius 3 is 2.57 bits per heavy atom. The van der Waals surface area contributed by atoms with Gasteiger partial charge in [-0.2, -0.15) is 8.78 Å². The summed E-state index contributed by atoms with van der Waals surface area (Å²) >= 11 is 2.59. The van der Waals surface area contributed by atoms with Gasteiger partial charge < -0.3 is 0 Å². The first kappa shape index (κ1) is 19.0. The van der Waals surface area contributed by atoms with Crippen molar-refractivity contribution >= 4 is 44.3 Å². The van der Waals surface area contributed by atoms with Crippen molar-refractivity contribution in [3.63, 3.8) is 0 Å². The number of nitrogens with zero attached hydrogens (tertiary/aromatic N) is 4. The first-order chi connectivity index (χ1) is 14.6. The Balaban J connectivity index is 1.61. The highest BCUT2D eigenvalue weighted by Gasteiger charge is 2.20. The van der Waals surface area contributed by atoms with Crippen molar-refractivity contribution < 1.29 is 8.78 Å². The topological polar surface area (TPSA) is 52.7 Å². The number of hydrogen-bond donors (Lipinski definition) is 0. The monoisotopic (exact) mass is 440 g/mol. The third kappa shape index (κ3) is 3.20. The number of alkyl halides is 2. The van der Waals surface area contributed by atoms with E-state index in [-0.39, 0.29) is 17.1 Å². The van der Waals surface area contributed by atoms with Crippen LogP contribution in [0.15, 0.2) is 76.0 Å². The zero-order valence-electron chi connectivity index (χ0n) is 15.4. The van der Waals surface area contributed by atoms with Gasteiger partial charge in [0.15, 0.2) is 5.16 Å². The van der Waals surface area contributed by atoms with E-state index in [1.807, 2.05) is 35.7 Å². The largest absolute Gasteiger partial charge is 0.320 e. The highest BCUT2D eigenvalue weighted by molar-refractivity contribution is 7.98. The summed E-state index contributed by atoms with van der Waals surface area (Å²) in [5.41, 5.74) is 1.38. The highest BCUT2D eigenvalue weighted by atomic mass is 32.2. The Morgan fingerprint density at radius 1 is 1.00 bits per heavy atom. The predicted octanol–water partition coefficient (Wildman–Crippen LogP) is 5.48. The number of imidazole rings is 1. The van der Waals surface area contributed by atoms with Gasteiger partial charge in [0.2, 0.25) is 0 Å². The standard InChI is InChI=1S/C21H14F2N4OS2/c22-20(23)27-16-9-5-4-8-15(16)24-17(27)12-30-21-25-18-14(10-11-29-18)19(28)26(21)13-6-2-1-3-7-13/h1-11,20H,12H2. The van der Waals surface area contributed by atoms with E-state index in [4.69, 9.17) is 0 Å². The number of rotatable bonds is 5. The van der Waals surface area contributed by atoms with Crippen LogP contribution in [-0.4, -0.2) is 19.1 Å². The van der Waals surface area contributed by atoms with Crippen molar-refractivity contribution in [2.45, 2.75) is 17.5 Å². The summed E-state index contributed by atoms with van der Waals surface area (Å²) in [6.45, 7) is -2.71. The second-order valence-electron chi connectivity index (χ2n) is 6.46. The lowest BCUT2D eigenvalue weighted by atomic mass is 10.3. The Morgan fingerprint density at radius 2 is 1.77 bits per heavy atom. The third-order valence-electron chi connectivity index (χ3n) is 4.68. The molecule has 0 N–H and O–H groups in total. The minimum Gasteiger partial charge on any atom is -0.269 e. The van der Waals surface area contributed by atoms with Gasteiger partial charge in [-0.05, 0) is 35.7 Å². The van der Waals surface area contributed by atoms with Gasteiger partial charge in [-0.1, -0.05) is 42.1 Å². The maximum Gasteiger partial charge on any atom is 0.320 e. The molecular weight excluding hydrogens is 426 g/mol. The molecule has 150 valence electrons. The summed E-state index contributed by atoms with van der Waals surface area (Å²) in [6, 6.07) is 17.7. The van der Waals surface area contributed by atoms with Crippen molar-refractivity contribution in [1.29, 1.82) is 0 Å². The second kappa shape index (κ2) is 7.66. The zero-order chi connectivity index (χ0) is 20.7. The van der Waals surface area contributed by atoms with Gasteiger partial charge in [-0.3, -0.25) is 13.9 Å². The lowest BCUT2D eigenvalue weighted by Gasteiger charge is -2.12. The molecule has 0 unspecified atom stereocenters. The summed E-state index contributed by atoms with van der Waals surface area (Å²) in [5, 5.41) is 2.79. The van der Waals surface area contributed by atoms with Gasteiger partial charge >= 0.3 is 6.55 Å². The molecule has 5 aromatic rings. The molecule has 0 atom stereocenters. The molecule has 3 aromatic heterocycles. The zero-order valence-corrected chi connectivity index (χ0v) is 17.0. The molecule has 0 bridgehead atoms. The van der Waals surface area contributed by atoms with Crippen LogP contribution >= 0.6 is 23.1 Å². The number of thioether (sulfide) groups is 1. The summed E-state index contributed by atoms with van der Waals surface area (Å²) in [6.07, 6.45) is 0. The molecule has 0 fully saturated rings. The smallest absolute Gasteiger partial charge is 0.269 e. The number of benzene rings is 2. The van der Waals surface area contributed by atoms with Crippen molar-refractivity contribution in [3.05, 3.63) is 82.2 Å². The highest BCUT2D eigenvalue weighted by Crippen LogP contribution is 2.29. The Bertz CT molecular complexity index is 1410. The summed E-state index contributed by atoms with van der Waals surface area (Å²) < 4.78 is 29.9. The number of fused-ring (bicyclic) bond motifs is 2. The molecule has 0 saturated heterocycles. The maximum atomic E-state index is 13.7. The Hall–Kier alpha value is -3.04. The Kier molecular flexibility index (Phi) is 4.84. The van der Waals surface area contributed by atoms with E-state index in [9.17, 15) is 13.6 Å². The van der Waals surface area contributed by atoms with Crippen LogP contribution in [0.2, 0.25) is 0 Å². The molecule has 0 aliphatic rings. The molecule has 0 saturated carbocycles. The number of para-hydroxylation sites is 3. The van der Waals surface area contributed by atoms with Gasteiger partial charge in [-0.15, -0.1) is 11.3 Å². The molecule has 5 rings (SSSR count). The molecular formula is C21H14F2N4OS2. The van der Waals surface area contributed by atoms with Crippen molar-refractivity contribution in [3.8, 4) is 5.69 Å². The average Bonchev–Trinajstić information content (AvgIpc) is 3.37. The molecule has 9 heteroatoms. The fraction of sp³-hybridized carbons (Fsp3) is 0.0952. The molecule has 5 nitrogen and oxygen atoms in total. The first-order valence-electron chi connectivity index (χ1n) is 9.06. The van der Waals surface area contributed by atoms with Gasteiger partial charge in [-0.25, -0.2) is 9.97 Å². The van der Waals surface area contributed by atoms with E-state index in [0.717, 1.165) is 4.57 Å². The molecule has 0 aliphatic carbocycles. The summed E-state index contributed by atoms with van der Waals surface area (Å²) in [4.78, 5) is 22.7. The predicted molar refractivity (Wildman–Crippen MR) is 116 cm³/mol. The molecule has 0 amide bonds. The first-order valence-corrected chi connectivity index (χ1v) is 10.9. The number of aromatic nitrogens is 4. The van der Waals surface area contributed by atoms with Crippen molar-refractivity contribution in [1.82, 2.24) is 19.1 Å². The van der Waals surface area contributed by atoms with E-state index in [1.54, 1.807) is 30.3 Å². The van der Waals surface area contributed by atoms with E-state index in [0.29, 0.717) is 32.1 Å². The molecule has 3 heterocycles. The van der Waals surface area contributed by atoms with E-state index >= 15 is 0 Å². The summed E-state index contributed by atoms with van der Waals surface area (Å²) in [5.74, 6) is 0.381. The van der Waals surface area contributed by atoms with E-state index in [2.05, 4.69) is 9.97 Å². The molecule has 2 aromatic carbocycles. The summed E-state index contributed by atoms with van der Waals surface area (Å²) in [7, 11) is 0. The molecule has 0 aliphatic heterocycles.